The molecule has 1 N–H and O–H groups in total. The van der Waals surface area contributed by atoms with Crippen LogP contribution in [0.5, 0.6) is 11.5 Å². The number of hydrogen-bond donors (Lipinski definition) is 1. The van der Waals surface area contributed by atoms with Gasteiger partial charge in [0, 0.05) is 5.54 Å². The lowest BCUT2D eigenvalue weighted by Crippen LogP contribution is -2.62. The highest BCUT2D eigenvalue weighted by Gasteiger charge is 2.52. The van der Waals surface area contributed by atoms with Gasteiger partial charge in [0.25, 0.3) is 0 Å². The highest BCUT2D eigenvalue weighted by Crippen LogP contribution is 2.55. The highest BCUT2D eigenvalue weighted by molar-refractivity contribution is 7.92. The number of nitrogens with zero attached hydrogens (tertiary/aromatic N) is 1. The maximum Gasteiger partial charge on any atom is 0.244 e. The van der Waals surface area contributed by atoms with Gasteiger partial charge in [0.15, 0.2) is 0 Å². The Labute approximate surface area is 196 Å². The third kappa shape index (κ3) is 4.60. The van der Waals surface area contributed by atoms with Crippen molar-refractivity contribution in [1.29, 1.82) is 0 Å². The summed E-state index contributed by atoms with van der Waals surface area (Å²) in [6, 6.07) is 15.4. The van der Waals surface area contributed by atoms with E-state index in [2.05, 4.69) is 5.32 Å². The summed E-state index contributed by atoms with van der Waals surface area (Å²) < 4.78 is 32.5. The predicted octanol–water partition coefficient (Wildman–Crippen LogP) is 4.72. The number of anilines is 1. The van der Waals surface area contributed by atoms with Crippen LogP contribution < -0.4 is 14.4 Å². The van der Waals surface area contributed by atoms with Gasteiger partial charge in [0.1, 0.15) is 17.5 Å². The molecule has 1 atom stereocenters. The maximum absolute atomic E-state index is 13.4. The van der Waals surface area contributed by atoms with Gasteiger partial charge in [-0.1, -0.05) is 18.2 Å². The van der Waals surface area contributed by atoms with E-state index in [9.17, 15) is 13.2 Å². The van der Waals surface area contributed by atoms with Crippen LogP contribution in [0.3, 0.4) is 0 Å². The van der Waals surface area contributed by atoms with E-state index in [-0.39, 0.29) is 11.4 Å². The molecule has 0 radical (unpaired) electrons. The normalized spacial score (nSPS) is 28.8. The zero-order valence-corrected chi connectivity index (χ0v) is 20.1. The van der Waals surface area contributed by atoms with Gasteiger partial charge in [0.2, 0.25) is 15.9 Å². The SMILES string of the molecule is C[C@@H](C(=O)NC12CC3CC(CC(C3)C1)C2)N(c1ccc(Oc2ccccc2)cc1)S(C)(=O)=O. The summed E-state index contributed by atoms with van der Waals surface area (Å²) in [6.45, 7) is 1.67. The van der Waals surface area contributed by atoms with Crippen molar-refractivity contribution >= 4 is 21.6 Å². The van der Waals surface area contributed by atoms with Crippen molar-refractivity contribution in [2.45, 2.75) is 57.0 Å². The van der Waals surface area contributed by atoms with Gasteiger partial charge in [-0.2, -0.15) is 0 Å². The first kappa shape index (κ1) is 22.3. The van der Waals surface area contributed by atoms with Crippen LogP contribution in [0.25, 0.3) is 0 Å². The number of carbonyl (C=O) groups is 1. The lowest BCUT2D eigenvalue weighted by Gasteiger charge is -2.57. The molecule has 2 aromatic rings. The van der Waals surface area contributed by atoms with Gasteiger partial charge in [-0.15, -0.1) is 0 Å². The zero-order valence-electron chi connectivity index (χ0n) is 19.2. The first-order valence-corrected chi connectivity index (χ1v) is 13.7. The van der Waals surface area contributed by atoms with Crippen molar-refractivity contribution in [2.24, 2.45) is 17.8 Å². The van der Waals surface area contributed by atoms with Crippen LogP contribution in [0.1, 0.15) is 45.4 Å². The van der Waals surface area contributed by atoms with E-state index in [0.29, 0.717) is 34.9 Å². The van der Waals surface area contributed by atoms with E-state index in [1.807, 2.05) is 30.3 Å². The van der Waals surface area contributed by atoms with E-state index in [1.54, 1.807) is 31.2 Å². The molecule has 4 fully saturated rings. The second kappa shape index (κ2) is 8.35. The van der Waals surface area contributed by atoms with Crippen LogP contribution in [0, 0.1) is 17.8 Å². The Morgan fingerprint density at radius 2 is 1.45 bits per heavy atom. The molecule has 33 heavy (non-hydrogen) atoms. The average molecular weight is 469 g/mol. The van der Waals surface area contributed by atoms with Crippen molar-refractivity contribution in [3.8, 4) is 11.5 Å². The first-order valence-electron chi connectivity index (χ1n) is 11.9. The van der Waals surface area contributed by atoms with Crippen molar-refractivity contribution in [3.05, 3.63) is 54.6 Å². The van der Waals surface area contributed by atoms with E-state index in [4.69, 9.17) is 4.74 Å². The molecule has 0 spiro atoms. The van der Waals surface area contributed by atoms with Crippen LogP contribution in [0.15, 0.2) is 54.6 Å². The average Bonchev–Trinajstić information content (AvgIpc) is 2.73. The number of carbonyl (C=O) groups excluding carboxylic acids is 1. The van der Waals surface area contributed by atoms with Crippen molar-refractivity contribution in [1.82, 2.24) is 5.32 Å². The summed E-state index contributed by atoms with van der Waals surface area (Å²) in [5.41, 5.74) is 0.294. The molecule has 0 aromatic heterocycles. The lowest BCUT2D eigenvalue weighted by atomic mass is 9.53. The Bertz CT molecular complexity index is 1080. The Morgan fingerprint density at radius 1 is 0.939 bits per heavy atom. The number of nitrogens with one attached hydrogen (secondary N) is 1. The zero-order chi connectivity index (χ0) is 23.2. The smallest absolute Gasteiger partial charge is 0.244 e. The number of ether oxygens (including phenoxy) is 1. The number of rotatable bonds is 7. The molecular weight excluding hydrogens is 436 g/mol. The summed E-state index contributed by atoms with van der Waals surface area (Å²) in [5, 5.41) is 3.32. The van der Waals surface area contributed by atoms with Crippen LogP contribution in [0.2, 0.25) is 0 Å². The molecule has 0 aliphatic heterocycles. The molecule has 0 heterocycles. The third-order valence-electron chi connectivity index (χ3n) is 7.59. The van der Waals surface area contributed by atoms with E-state index >= 15 is 0 Å². The van der Waals surface area contributed by atoms with Gasteiger partial charge in [0.05, 0.1) is 11.9 Å². The molecule has 6 nitrogen and oxygen atoms in total. The molecule has 4 bridgehead atoms. The molecule has 6 rings (SSSR count). The van der Waals surface area contributed by atoms with Crippen LogP contribution in [0.4, 0.5) is 5.69 Å². The van der Waals surface area contributed by atoms with Gasteiger partial charge >= 0.3 is 0 Å². The lowest BCUT2D eigenvalue weighted by molar-refractivity contribution is -0.127. The van der Waals surface area contributed by atoms with Gasteiger partial charge in [-0.25, -0.2) is 8.42 Å². The van der Waals surface area contributed by atoms with Gasteiger partial charge in [-0.3, -0.25) is 9.10 Å². The molecule has 7 heteroatoms. The number of benzene rings is 2. The number of para-hydroxylation sites is 1. The minimum absolute atomic E-state index is 0.156. The van der Waals surface area contributed by atoms with E-state index < -0.39 is 16.1 Å². The molecule has 4 aliphatic rings. The number of hydrogen-bond acceptors (Lipinski definition) is 4. The van der Waals surface area contributed by atoms with Gasteiger partial charge < -0.3 is 10.1 Å². The largest absolute Gasteiger partial charge is 0.457 e. The standard InChI is InChI=1S/C26H32N2O4S/c1-18(25(29)27-26-15-19-12-20(16-26)14-21(13-19)17-26)28(33(2,30)31)22-8-10-24(11-9-22)32-23-6-4-3-5-7-23/h3-11,18-21H,12-17H2,1-2H3,(H,27,29)/t18-,19?,20?,21?,26?/m0/s1. The molecule has 4 aliphatic carbocycles. The predicted molar refractivity (Wildman–Crippen MR) is 129 cm³/mol. The topological polar surface area (TPSA) is 75.7 Å². The third-order valence-corrected chi connectivity index (χ3v) is 8.83. The summed E-state index contributed by atoms with van der Waals surface area (Å²) in [5.74, 6) is 3.20. The van der Waals surface area contributed by atoms with Crippen LogP contribution >= 0.6 is 0 Å². The van der Waals surface area contributed by atoms with Crippen molar-refractivity contribution in [2.75, 3.05) is 10.6 Å². The highest BCUT2D eigenvalue weighted by atomic mass is 32.2. The Kier molecular flexibility index (Phi) is 5.63. The molecule has 0 saturated heterocycles. The fraction of sp³-hybridized carbons (Fsp3) is 0.500. The molecule has 4 saturated carbocycles. The van der Waals surface area contributed by atoms with Crippen LogP contribution in [-0.2, 0) is 14.8 Å². The minimum atomic E-state index is -3.67. The first-order chi connectivity index (χ1) is 15.7. The Morgan fingerprint density at radius 3 is 1.97 bits per heavy atom. The molecule has 176 valence electrons. The van der Waals surface area contributed by atoms with E-state index in [1.165, 1.54) is 23.6 Å². The van der Waals surface area contributed by atoms with Crippen molar-refractivity contribution in [3.63, 3.8) is 0 Å². The maximum atomic E-state index is 13.4. The minimum Gasteiger partial charge on any atom is -0.457 e. The Balaban J connectivity index is 1.33. The summed E-state index contributed by atoms with van der Waals surface area (Å²) in [4.78, 5) is 13.4. The molecule has 0 unspecified atom stereocenters. The fourth-order valence-corrected chi connectivity index (χ4v) is 7.90. The van der Waals surface area contributed by atoms with Crippen molar-refractivity contribution < 1.29 is 17.9 Å². The molecular formula is C26H32N2O4S. The number of amides is 1. The van der Waals surface area contributed by atoms with Crippen LogP contribution in [-0.4, -0.2) is 32.2 Å². The molecule has 1 amide bonds. The van der Waals surface area contributed by atoms with E-state index in [0.717, 1.165) is 25.5 Å². The summed E-state index contributed by atoms with van der Waals surface area (Å²) in [6.07, 6.45) is 8.11. The van der Waals surface area contributed by atoms with Gasteiger partial charge in [-0.05, 0) is 99.6 Å². The second-order valence-electron chi connectivity index (χ2n) is 10.3. The molecule has 2 aromatic carbocycles. The number of sulfonamides is 1. The second-order valence-corrected chi connectivity index (χ2v) is 12.2. The summed E-state index contributed by atoms with van der Waals surface area (Å²) in [7, 11) is -3.67. The summed E-state index contributed by atoms with van der Waals surface area (Å²) >= 11 is 0. The Hall–Kier alpha value is -2.54. The monoisotopic (exact) mass is 468 g/mol. The fourth-order valence-electron chi connectivity index (χ4n) is 6.72. The quantitative estimate of drug-likeness (QED) is 0.638.